The Morgan fingerprint density at radius 3 is 2.80 bits per heavy atom. The van der Waals surface area contributed by atoms with E-state index in [0.717, 1.165) is 12.1 Å². The summed E-state index contributed by atoms with van der Waals surface area (Å²) < 4.78 is 13.0. The van der Waals surface area contributed by atoms with Crippen molar-refractivity contribution in [3.05, 3.63) is 41.2 Å². The lowest BCUT2D eigenvalue weighted by Crippen LogP contribution is -2.22. The predicted molar refractivity (Wildman–Crippen MR) is 63.3 cm³/mol. The third kappa shape index (κ3) is 3.84. The molecule has 0 saturated heterocycles. The monoisotopic (exact) mass is 207 g/mol. The molecule has 1 N–H and O–H groups in total. The SMILES string of the molecule is CCNC(C)/C=C/c1ccc(F)c(C)c1. The molecule has 0 aliphatic carbocycles. The minimum Gasteiger partial charge on any atom is -0.311 e. The van der Waals surface area contributed by atoms with Gasteiger partial charge < -0.3 is 5.32 Å². The fourth-order valence-corrected chi connectivity index (χ4v) is 1.42. The highest BCUT2D eigenvalue weighted by Crippen LogP contribution is 2.10. The Balaban J connectivity index is 2.68. The Bertz CT molecular complexity index is 344. The molecule has 1 aromatic rings. The minimum atomic E-state index is -0.146. The van der Waals surface area contributed by atoms with E-state index in [0.29, 0.717) is 11.6 Å². The Kier molecular flexibility index (Phi) is 4.50. The van der Waals surface area contributed by atoms with Gasteiger partial charge in [-0.3, -0.25) is 0 Å². The highest BCUT2D eigenvalue weighted by molar-refractivity contribution is 5.51. The van der Waals surface area contributed by atoms with Crippen molar-refractivity contribution in [3.8, 4) is 0 Å². The van der Waals surface area contributed by atoms with Crippen molar-refractivity contribution in [2.24, 2.45) is 0 Å². The van der Waals surface area contributed by atoms with Crippen molar-refractivity contribution in [2.45, 2.75) is 26.8 Å². The van der Waals surface area contributed by atoms with Gasteiger partial charge >= 0.3 is 0 Å². The second-order valence-corrected chi connectivity index (χ2v) is 3.71. The fraction of sp³-hybridized carbons (Fsp3) is 0.385. The number of halogens is 1. The standard InChI is InChI=1S/C13H18FN/c1-4-15-11(3)5-6-12-7-8-13(14)10(2)9-12/h5-9,11,15H,4H2,1-3H3/b6-5+. The van der Waals surface area contributed by atoms with Gasteiger partial charge in [0.2, 0.25) is 0 Å². The molecule has 0 fully saturated rings. The molecule has 2 heteroatoms. The van der Waals surface area contributed by atoms with Crippen molar-refractivity contribution in [1.82, 2.24) is 5.32 Å². The highest BCUT2D eigenvalue weighted by Gasteiger charge is 1.97. The Hall–Kier alpha value is -1.15. The molecule has 15 heavy (non-hydrogen) atoms. The number of benzene rings is 1. The van der Waals surface area contributed by atoms with Gasteiger partial charge in [-0.05, 0) is 43.7 Å². The maximum atomic E-state index is 13.0. The average molecular weight is 207 g/mol. The topological polar surface area (TPSA) is 12.0 Å². The second kappa shape index (κ2) is 5.66. The summed E-state index contributed by atoms with van der Waals surface area (Å²) in [5.41, 5.74) is 1.73. The quantitative estimate of drug-likeness (QED) is 0.799. The summed E-state index contributed by atoms with van der Waals surface area (Å²) in [5, 5.41) is 3.28. The third-order valence-electron chi connectivity index (χ3n) is 2.29. The summed E-state index contributed by atoms with van der Waals surface area (Å²) in [4.78, 5) is 0. The number of aryl methyl sites for hydroxylation is 1. The zero-order chi connectivity index (χ0) is 11.3. The molecule has 1 aromatic carbocycles. The zero-order valence-corrected chi connectivity index (χ0v) is 9.55. The van der Waals surface area contributed by atoms with Crippen molar-refractivity contribution >= 4 is 6.08 Å². The molecule has 0 aliphatic heterocycles. The summed E-state index contributed by atoms with van der Waals surface area (Å²) in [6.07, 6.45) is 4.09. The van der Waals surface area contributed by atoms with Crippen molar-refractivity contribution in [3.63, 3.8) is 0 Å². The Morgan fingerprint density at radius 2 is 2.20 bits per heavy atom. The van der Waals surface area contributed by atoms with Crippen LogP contribution in [0.3, 0.4) is 0 Å². The first kappa shape index (κ1) is 11.9. The molecular weight excluding hydrogens is 189 g/mol. The molecule has 0 aromatic heterocycles. The van der Waals surface area contributed by atoms with E-state index < -0.39 is 0 Å². The van der Waals surface area contributed by atoms with Gasteiger partial charge in [0.1, 0.15) is 5.82 Å². The van der Waals surface area contributed by atoms with Crippen LogP contribution in [-0.4, -0.2) is 12.6 Å². The predicted octanol–water partition coefficient (Wildman–Crippen LogP) is 3.15. The van der Waals surface area contributed by atoms with Crippen LogP contribution in [0.5, 0.6) is 0 Å². The molecular formula is C13H18FN. The average Bonchev–Trinajstić information content (AvgIpc) is 2.20. The number of nitrogens with one attached hydrogen (secondary N) is 1. The van der Waals surface area contributed by atoms with E-state index in [-0.39, 0.29) is 5.82 Å². The summed E-state index contributed by atoms with van der Waals surface area (Å²) >= 11 is 0. The first-order valence-electron chi connectivity index (χ1n) is 5.31. The van der Waals surface area contributed by atoms with Gasteiger partial charge in [0.05, 0.1) is 0 Å². The summed E-state index contributed by atoms with van der Waals surface area (Å²) in [5.74, 6) is -0.146. The molecule has 1 unspecified atom stereocenters. The highest BCUT2D eigenvalue weighted by atomic mass is 19.1. The molecule has 0 saturated carbocycles. The van der Waals surface area contributed by atoms with Gasteiger partial charge in [0.25, 0.3) is 0 Å². The molecule has 0 radical (unpaired) electrons. The maximum absolute atomic E-state index is 13.0. The van der Waals surface area contributed by atoms with Gasteiger partial charge in [-0.2, -0.15) is 0 Å². The van der Waals surface area contributed by atoms with Crippen LogP contribution < -0.4 is 5.32 Å². The van der Waals surface area contributed by atoms with E-state index in [4.69, 9.17) is 0 Å². The Labute approximate surface area is 91.0 Å². The molecule has 82 valence electrons. The van der Waals surface area contributed by atoms with E-state index in [1.165, 1.54) is 6.07 Å². The summed E-state index contributed by atoms with van der Waals surface area (Å²) in [6, 6.07) is 5.50. The van der Waals surface area contributed by atoms with Crippen LogP contribution in [0.4, 0.5) is 4.39 Å². The fourth-order valence-electron chi connectivity index (χ4n) is 1.42. The molecule has 1 rings (SSSR count). The van der Waals surface area contributed by atoms with Crippen molar-refractivity contribution < 1.29 is 4.39 Å². The molecule has 0 spiro atoms. The van der Waals surface area contributed by atoms with E-state index in [9.17, 15) is 4.39 Å². The number of rotatable bonds is 4. The van der Waals surface area contributed by atoms with Gasteiger partial charge in [-0.15, -0.1) is 0 Å². The van der Waals surface area contributed by atoms with Crippen LogP contribution in [0.2, 0.25) is 0 Å². The van der Waals surface area contributed by atoms with Crippen LogP contribution in [0.1, 0.15) is 25.0 Å². The molecule has 0 bridgehead atoms. The Morgan fingerprint density at radius 1 is 1.47 bits per heavy atom. The second-order valence-electron chi connectivity index (χ2n) is 3.71. The van der Waals surface area contributed by atoms with Gasteiger partial charge in [0.15, 0.2) is 0 Å². The largest absolute Gasteiger partial charge is 0.311 e. The number of hydrogen-bond acceptors (Lipinski definition) is 1. The zero-order valence-electron chi connectivity index (χ0n) is 9.55. The van der Waals surface area contributed by atoms with Crippen LogP contribution in [0, 0.1) is 12.7 Å². The number of likely N-dealkylation sites (N-methyl/N-ethyl adjacent to an activating group) is 1. The van der Waals surface area contributed by atoms with Crippen LogP contribution in [-0.2, 0) is 0 Å². The molecule has 0 amide bonds. The van der Waals surface area contributed by atoms with E-state index >= 15 is 0 Å². The van der Waals surface area contributed by atoms with Crippen molar-refractivity contribution in [1.29, 1.82) is 0 Å². The first-order chi connectivity index (χ1) is 7.13. The smallest absolute Gasteiger partial charge is 0.126 e. The van der Waals surface area contributed by atoms with Crippen molar-refractivity contribution in [2.75, 3.05) is 6.54 Å². The lowest BCUT2D eigenvalue weighted by atomic mass is 10.1. The molecule has 0 heterocycles. The van der Waals surface area contributed by atoms with E-state index in [2.05, 4.69) is 25.2 Å². The molecule has 1 atom stereocenters. The minimum absolute atomic E-state index is 0.146. The number of hydrogen-bond donors (Lipinski definition) is 1. The lowest BCUT2D eigenvalue weighted by molar-refractivity contribution is 0.618. The normalized spacial score (nSPS) is 13.3. The van der Waals surface area contributed by atoms with E-state index in [1.807, 2.05) is 12.1 Å². The van der Waals surface area contributed by atoms with Crippen LogP contribution in [0.15, 0.2) is 24.3 Å². The maximum Gasteiger partial charge on any atom is 0.126 e. The van der Waals surface area contributed by atoms with Gasteiger partial charge in [-0.1, -0.05) is 25.1 Å². The summed E-state index contributed by atoms with van der Waals surface area (Å²) in [7, 11) is 0. The lowest BCUT2D eigenvalue weighted by Gasteiger charge is -2.06. The van der Waals surface area contributed by atoms with E-state index in [1.54, 1.807) is 13.0 Å². The van der Waals surface area contributed by atoms with Crippen LogP contribution >= 0.6 is 0 Å². The van der Waals surface area contributed by atoms with Gasteiger partial charge in [-0.25, -0.2) is 4.39 Å². The van der Waals surface area contributed by atoms with Gasteiger partial charge in [0, 0.05) is 6.04 Å². The molecule has 1 nitrogen and oxygen atoms in total. The third-order valence-corrected chi connectivity index (χ3v) is 2.29. The molecule has 0 aliphatic rings. The van der Waals surface area contributed by atoms with Crippen LogP contribution in [0.25, 0.3) is 6.08 Å². The summed E-state index contributed by atoms with van der Waals surface area (Å²) in [6.45, 7) is 6.90. The first-order valence-corrected chi connectivity index (χ1v) is 5.31.